The standard InChI is InChI=1S/C20H25N5O.ClH/c26-20(17-3-4-19-16(10-17)5-9-24-19)25(13-15-11-22-14-23-12-15)18-2-1-7-21-8-6-18;/h3-4,10-12,14,18,21,24H,1-2,5-9,13H2;1H. The van der Waals surface area contributed by atoms with Crippen molar-refractivity contribution in [3.05, 3.63) is 53.6 Å². The maximum Gasteiger partial charge on any atom is 0.254 e. The summed E-state index contributed by atoms with van der Waals surface area (Å²) in [7, 11) is 0. The third kappa shape index (κ3) is 4.57. The lowest BCUT2D eigenvalue weighted by Crippen LogP contribution is -2.40. The Morgan fingerprint density at radius 2 is 2.00 bits per heavy atom. The van der Waals surface area contributed by atoms with Crippen molar-refractivity contribution in [1.29, 1.82) is 0 Å². The summed E-state index contributed by atoms with van der Waals surface area (Å²) in [5.74, 6) is 0.107. The van der Waals surface area contributed by atoms with E-state index >= 15 is 0 Å². The van der Waals surface area contributed by atoms with Crippen molar-refractivity contribution in [1.82, 2.24) is 20.2 Å². The minimum absolute atomic E-state index is 0. The second-order valence-electron chi connectivity index (χ2n) is 7.06. The molecule has 3 heterocycles. The predicted molar refractivity (Wildman–Crippen MR) is 108 cm³/mol. The van der Waals surface area contributed by atoms with Crippen molar-refractivity contribution in [2.24, 2.45) is 0 Å². The summed E-state index contributed by atoms with van der Waals surface area (Å²) in [6, 6.07) is 6.28. The van der Waals surface area contributed by atoms with Crippen molar-refractivity contribution in [2.75, 3.05) is 25.0 Å². The zero-order chi connectivity index (χ0) is 17.8. The van der Waals surface area contributed by atoms with E-state index in [9.17, 15) is 4.79 Å². The molecule has 27 heavy (non-hydrogen) atoms. The smallest absolute Gasteiger partial charge is 0.254 e. The van der Waals surface area contributed by atoms with Crippen LogP contribution in [0.15, 0.2) is 36.9 Å². The van der Waals surface area contributed by atoms with Gasteiger partial charge in [-0.25, -0.2) is 9.97 Å². The quantitative estimate of drug-likeness (QED) is 0.844. The molecule has 1 fully saturated rings. The number of hydrogen-bond donors (Lipinski definition) is 2. The summed E-state index contributed by atoms with van der Waals surface area (Å²) < 4.78 is 0. The maximum atomic E-state index is 13.4. The number of hydrogen-bond acceptors (Lipinski definition) is 5. The zero-order valence-corrected chi connectivity index (χ0v) is 16.2. The molecule has 2 aliphatic heterocycles. The fourth-order valence-electron chi connectivity index (χ4n) is 3.89. The van der Waals surface area contributed by atoms with Crippen molar-refractivity contribution in [3.63, 3.8) is 0 Å². The number of halogens is 1. The van der Waals surface area contributed by atoms with Gasteiger partial charge in [-0.05, 0) is 62.5 Å². The Morgan fingerprint density at radius 1 is 1.15 bits per heavy atom. The Balaban J connectivity index is 0.00000210. The van der Waals surface area contributed by atoms with Gasteiger partial charge in [-0.2, -0.15) is 0 Å². The molecule has 1 aromatic heterocycles. The molecule has 4 rings (SSSR count). The molecule has 6 nitrogen and oxygen atoms in total. The molecule has 144 valence electrons. The molecule has 0 bridgehead atoms. The molecule has 1 atom stereocenters. The molecular formula is C20H26ClN5O. The highest BCUT2D eigenvalue weighted by atomic mass is 35.5. The van der Waals surface area contributed by atoms with Crippen molar-refractivity contribution >= 4 is 24.0 Å². The monoisotopic (exact) mass is 387 g/mol. The van der Waals surface area contributed by atoms with Crippen LogP contribution < -0.4 is 10.6 Å². The second-order valence-corrected chi connectivity index (χ2v) is 7.06. The van der Waals surface area contributed by atoms with E-state index in [1.165, 1.54) is 11.9 Å². The van der Waals surface area contributed by atoms with E-state index in [0.717, 1.165) is 62.1 Å². The third-order valence-electron chi connectivity index (χ3n) is 5.28. The van der Waals surface area contributed by atoms with E-state index in [1.807, 2.05) is 17.0 Å². The molecule has 0 aliphatic carbocycles. The molecule has 0 saturated carbocycles. The minimum atomic E-state index is 0. The molecule has 7 heteroatoms. The van der Waals surface area contributed by atoms with Gasteiger partial charge in [0.2, 0.25) is 0 Å². The van der Waals surface area contributed by atoms with Gasteiger partial charge >= 0.3 is 0 Å². The summed E-state index contributed by atoms with van der Waals surface area (Å²) in [5, 5.41) is 6.79. The van der Waals surface area contributed by atoms with E-state index in [-0.39, 0.29) is 24.4 Å². The van der Waals surface area contributed by atoms with Crippen LogP contribution in [0, 0.1) is 0 Å². The van der Waals surface area contributed by atoms with Crippen LogP contribution in [0.25, 0.3) is 0 Å². The highest BCUT2D eigenvalue weighted by Crippen LogP contribution is 2.25. The second kappa shape index (κ2) is 9.15. The number of rotatable bonds is 4. The van der Waals surface area contributed by atoms with Crippen LogP contribution in [0.1, 0.15) is 40.7 Å². The minimum Gasteiger partial charge on any atom is -0.384 e. The maximum absolute atomic E-state index is 13.4. The number of carbonyl (C=O) groups is 1. The first-order valence-electron chi connectivity index (χ1n) is 9.43. The molecule has 1 aromatic carbocycles. The van der Waals surface area contributed by atoms with Gasteiger partial charge in [0.05, 0.1) is 0 Å². The van der Waals surface area contributed by atoms with Gasteiger partial charge in [0.15, 0.2) is 0 Å². The van der Waals surface area contributed by atoms with Gasteiger partial charge in [-0.1, -0.05) is 0 Å². The molecule has 2 aromatic rings. The Labute approximate surface area is 166 Å². The van der Waals surface area contributed by atoms with E-state index in [1.54, 1.807) is 12.4 Å². The molecule has 0 spiro atoms. The fraction of sp³-hybridized carbons (Fsp3) is 0.450. The van der Waals surface area contributed by atoms with E-state index < -0.39 is 0 Å². The zero-order valence-electron chi connectivity index (χ0n) is 15.4. The number of anilines is 1. The molecule has 1 unspecified atom stereocenters. The first-order valence-corrected chi connectivity index (χ1v) is 9.43. The first kappa shape index (κ1) is 19.6. The molecular weight excluding hydrogens is 362 g/mol. The molecule has 2 aliphatic rings. The van der Waals surface area contributed by atoms with Gasteiger partial charge in [0, 0.05) is 48.3 Å². The number of fused-ring (bicyclic) bond motifs is 1. The molecule has 1 amide bonds. The van der Waals surface area contributed by atoms with Crippen LogP contribution in [-0.2, 0) is 13.0 Å². The SMILES string of the molecule is Cl.O=C(c1ccc2c(c1)CCN2)N(Cc1cncnc1)C1CCCNCC1. The Morgan fingerprint density at radius 3 is 2.85 bits per heavy atom. The summed E-state index contributed by atoms with van der Waals surface area (Å²) in [6.07, 6.45) is 9.21. The van der Waals surface area contributed by atoms with Crippen LogP contribution in [0.4, 0.5) is 5.69 Å². The van der Waals surface area contributed by atoms with Gasteiger partial charge in [-0.15, -0.1) is 12.4 Å². The lowest BCUT2D eigenvalue weighted by molar-refractivity contribution is 0.0645. The van der Waals surface area contributed by atoms with E-state index in [0.29, 0.717) is 6.54 Å². The van der Waals surface area contributed by atoms with E-state index in [2.05, 4.69) is 26.7 Å². The van der Waals surface area contributed by atoms with Gasteiger partial charge in [0.1, 0.15) is 6.33 Å². The molecule has 0 radical (unpaired) electrons. The summed E-state index contributed by atoms with van der Waals surface area (Å²) in [6.45, 7) is 3.48. The number of benzene rings is 1. The summed E-state index contributed by atoms with van der Waals surface area (Å²) in [5.41, 5.74) is 4.15. The summed E-state index contributed by atoms with van der Waals surface area (Å²) in [4.78, 5) is 23.7. The van der Waals surface area contributed by atoms with Gasteiger partial charge in [0.25, 0.3) is 5.91 Å². The number of carbonyl (C=O) groups excluding carboxylic acids is 1. The van der Waals surface area contributed by atoms with Crippen LogP contribution in [0.2, 0.25) is 0 Å². The Kier molecular flexibility index (Phi) is 6.63. The van der Waals surface area contributed by atoms with Gasteiger partial charge in [-0.3, -0.25) is 4.79 Å². The van der Waals surface area contributed by atoms with Crippen LogP contribution in [0.5, 0.6) is 0 Å². The Hall–Kier alpha value is -2.18. The average molecular weight is 388 g/mol. The lowest BCUT2D eigenvalue weighted by Gasteiger charge is -2.31. The van der Waals surface area contributed by atoms with Crippen molar-refractivity contribution < 1.29 is 4.79 Å². The van der Waals surface area contributed by atoms with Crippen LogP contribution in [0.3, 0.4) is 0 Å². The number of nitrogens with zero attached hydrogens (tertiary/aromatic N) is 3. The largest absolute Gasteiger partial charge is 0.384 e. The fourth-order valence-corrected chi connectivity index (χ4v) is 3.89. The summed E-state index contributed by atoms with van der Waals surface area (Å²) >= 11 is 0. The number of nitrogens with one attached hydrogen (secondary N) is 2. The highest BCUT2D eigenvalue weighted by Gasteiger charge is 2.26. The van der Waals surface area contributed by atoms with Crippen LogP contribution >= 0.6 is 12.4 Å². The average Bonchev–Trinajstić information content (AvgIpc) is 2.99. The highest BCUT2D eigenvalue weighted by molar-refractivity contribution is 5.95. The van der Waals surface area contributed by atoms with Crippen molar-refractivity contribution in [2.45, 2.75) is 38.3 Å². The molecule has 2 N–H and O–H groups in total. The number of amides is 1. The molecule has 1 saturated heterocycles. The lowest BCUT2D eigenvalue weighted by atomic mass is 10.0. The van der Waals surface area contributed by atoms with Crippen LogP contribution in [-0.4, -0.2) is 46.5 Å². The number of aromatic nitrogens is 2. The predicted octanol–water partition coefficient (Wildman–Crippen LogP) is 2.65. The van der Waals surface area contributed by atoms with Gasteiger partial charge < -0.3 is 15.5 Å². The normalized spacial score (nSPS) is 18.6. The topological polar surface area (TPSA) is 70.2 Å². The van der Waals surface area contributed by atoms with E-state index in [4.69, 9.17) is 0 Å². The van der Waals surface area contributed by atoms with Crippen molar-refractivity contribution in [3.8, 4) is 0 Å². The first-order chi connectivity index (χ1) is 12.8. The third-order valence-corrected chi connectivity index (χ3v) is 5.28. The Bertz CT molecular complexity index is 762.